The van der Waals surface area contributed by atoms with Crippen LogP contribution in [0.25, 0.3) is 0 Å². The Bertz CT molecular complexity index is 369. The molecule has 1 aromatic heterocycles. The van der Waals surface area contributed by atoms with Gasteiger partial charge in [0.25, 0.3) is 0 Å². The summed E-state index contributed by atoms with van der Waals surface area (Å²) in [4.78, 5) is 1.49. The second-order valence-electron chi connectivity index (χ2n) is 5.82. The molecule has 0 spiro atoms. The second kappa shape index (κ2) is 7.80. The maximum Gasteiger partial charge on any atom is 0.0452 e. The highest BCUT2D eigenvalue weighted by Crippen LogP contribution is 2.41. The summed E-state index contributed by atoms with van der Waals surface area (Å²) in [5.74, 6) is 1.82. The van der Waals surface area contributed by atoms with Gasteiger partial charge in [0.1, 0.15) is 0 Å². The predicted octanol–water partition coefficient (Wildman–Crippen LogP) is 5.77. The molecule has 0 radical (unpaired) electrons. The smallest absolute Gasteiger partial charge is 0.0452 e. The summed E-state index contributed by atoms with van der Waals surface area (Å²) in [6.45, 7) is 2.30. The highest BCUT2D eigenvalue weighted by Gasteiger charge is 2.29. The molecule has 0 saturated heterocycles. The van der Waals surface area contributed by atoms with Gasteiger partial charge < -0.3 is 5.32 Å². The van der Waals surface area contributed by atoms with E-state index in [1.165, 1.54) is 54.3 Å². The van der Waals surface area contributed by atoms with E-state index in [4.69, 9.17) is 0 Å². The van der Waals surface area contributed by atoms with Gasteiger partial charge in [0.15, 0.2) is 0 Å². The van der Waals surface area contributed by atoms with Crippen molar-refractivity contribution >= 4 is 27.3 Å². The minimum atomic E-state index is 0.543. The Morgan fingerprint density at radius 2 is 2.11 bits per heavy atom. The van der Waals surface area contributed by atoms with Crippen molar-refractivity contribution in [1.82, 2.24) is 5.32 Å². The monoisotopic (exact) mass is 343 g/mol. The van der Waals surface area contributed by atoms with E-state index in [2.05, 4.69) is 46.7 Å². The highest BCUT2D eigenvalue weighted by atomic mass is 79.9. The summed E-state index contributed by atoms with van der Waals surface area (Å²) in [6, 6.07) is 2.72. The van der Waals surface area contributed by atoms with Gasteiger partial charge in [-0.15, -0.1) is 11.3 Å². The van der Waals surface area contributed by atoms with Crippen LogP contribution in [0.15, 0.2) is 15.9 Å². The number of thiophene rings is 1. The zero-order valence-corrected chi connectivity index (χ0v) is 14.5. The standard InChI is InChI=1S/C16H26BrNS/c1-3-4-5-12-6-8-13(9-7-12)15(18-2)16-14(17)10-11-19-16/h10-13,15,18H,3-9H2,1-2H3. The van der Waals surface area contributed by atoms with Crippen LogP contribution in [-0.2, 0) is 0 Å². The molecule has 0 amide bonds. The summed E-state index contributed by atoms with van der Waals surface area (Å²) in [5, 5.41) is 5.74. The molecule has 1 unspecified atom stereocenters. The molecule has 1 N–H and O–H groups in total. The van der Waals surface area contributed by atoms with Crippen LogP contribution in [0, 0.1) is 11.8 Å². The Morgan fingerprint density at radius 3 is 2.63 bits per heavy atom. The van der Waals surface area contributed by atoms with Gasteiger partial charge in [0, 0.05) is 15.4 Å². The minimum absolute atomic E-state index is 0.543. The summed E-state index contributed by atoms with van der Waals surface area (Å²) in [5.41, 5.74) is 0. The molecule has 19 heavy (non-hydrogen) atoms. The minimum Gasteiger partial charge on any atom is -0.312 e. The van der Waals surface area contributed by atoms with Crippen molar-refractivity contribution in [3.05, 3.63) is 20.8 Å². The molecule has 0 aliphatic heterocycles. The van der Waals surface area contributed by atoms with Gasteiger partial charge in [0.05, 0.1) is 0 Å². The molecular formula is C16H26BrNS. The lowest BCUT2D eigenvalue weighted by Gasteiger charge is -2.33. The summed E-state index contributed by atoms with van der Waals surface area (Å²) >= 11 is 5.57. The predicted molar refractivity (Wildman–Crippen MR) is 88.8 cm³/mol. The van der Waals surface area contributed by atoms with E-state index in [1.807, 2.05) is 11.3 Å². The number of hydrogen-bond donors (Lipinski definition) is 1. The molecule has 1 heterocycles. The van der Waals surface area contributed by atoms with Gasteiger partial charge in [-0.25, -0.2) is 0 Å². The van der Waals surface area contributed by atoms with E-state index in [9.17, 15) is 0 Å². The lowest BCUT2D eigenvalue weighted by atomic mass is 9.76. The maximum absolute atomic E-state index is 3.69. The molecule has 0 bridgehead atoms. The molecule has 2 rings (SSSR count). The van der Waals surface area contributed by atoms with Gasteiger partial charge in [-0.2, -0.15) is 0 Å². The number of rotatable bonds is 6. The van der Waals surface area contributed by atoms with Crippen molar-refractivity contribution in [2.75, 3.05) is 7.05 Å². The molecule has 1 saturated carbocycles. The van der Waals surface area contributed by atoms with Crippen LogP contribution in [0.1, 0.15) is 62.8 Å². The molecule has 108 valence electrons. The van der Waals surface area contributed by atoms with E-state index >= 15 is 0 Å². The van der Waals surface area contributed by atoms with Crippen LogP contribution >= 0.6 is 27.3 Å². The van der Waals surface area contributed by atoms with Crippen LogP contribution in [-0.4, -0.2) is 7.05 Å². The molecule has 1 aromatic rings. The summed E-state index contributed by atoms with van der Waals surface area (Å²) in [7, 11) is 2.11. The fraction of sp³-hybridized carbons (Fsp3) is 0.750. The highest BCUT2D eigenvalue weighted by molar-refractivity contribution is 9.10. The van der Waals surface area contributed by atoms with E-state index in [0.29, 0.717) is 6.04 Å². The van der Waals surface area contributed by atoms with Crippen molar-refractivity contribution in [1.29, 1.82) is 0 Å². The number of unbranched alkanes of at least 4 members (excludes halogenated alkanes) is 1. The fourth-order valence-corrected chi connectivity index (χ4v) is 5.23. The van der Waals surface area contributed by atoms with Crippen molar-refractivity contribution in [3.63, 3.8) is 0 Å². The molecular weight excluding hydrogens is 318 g/mol. The third kappa shape index (κ3) is 4.05. The zero-order chi connectivity index (χ0) is 13.7. The van der Waals surface area contributed by atoms with E-state index in [1.54, 1.807) is 0 Å². The molecule has 1 nitrogen and oxygen atoms in total. The summed E-state index contributed by atoms with van der Waals surface area (Å²) in [6.07, 6.45) is 9.88. The maximum atomic E-state index is 3.69. The van der Waals surface area contributed by atoms with Crippen LogP contribution in [0.5, 0.6) is 0 Å². The van der Waals surface area contributed by atoms with Crippen LogP contribution in [0.4, 0.5) is 0 Å². The van der Waals surface area contributed by atoms with Gasteiger partial charge in [-0.1, -0.05) is 39.0 Å². The summed E-state index contributed by atoms with van der Waals surface area (Å²) < 4.78 is 1.28. The zero-order valence-electron chi connectivity index (χ0n) is 12.1. The van der Waals surface area contributed by atoms with Crippen LogP contribution < -0.4 is 5.32 Å². The van der Waals surface area contributed by atoms with E-state index in [-0.39, 0.29) is 0 Å². The Morgan fingerprint density at radius 1 is 1.37 bits per heavy atom. The van der Waals surface area contributed by atoms with Gasteiger partial charge in [-0.3, -0.25) is 0 Å². The fourth-order valence-electron chi connectivity index (χ4n) is 3.41. The molecule has 1 fully saturated rings. The third-order valence-corrected chi connectivity index (χ3v) is 6.52. The number of halogens is 1. The Kier molecular flexibility index (Phi) is 6.37. The SMILES string of the molecule is CCCCC1CCC(C(NC)c2sccc2Br)CC1. The number of hydrogen-bond acceptors (Lipinski definition) is 2. The lowest BCUT2D eigenvalue weighted by Crippen LogP contribution is -2.28. The normalized spacial score (nSPS) is 25.4. The number of nitrogens with one attached hydrogen (secondary N) is 1. The van der Waals surface area contributed by atoms with Crippen LogP contribution in [0.3, 0.4) is 0 Å². The first-order valence-electron chi connectivity index (χ1n) is 7.66. The van der Waals surface area contributed by atoms with Crippen molar-refractivity contribution in [3.8, 4) is 0 Å². The van der Waals surface area contributed by atoms with Crippen molar-refractivity contribution in [2.24, 2.45) is 11.8 Å². The van der Waals surface area contributed by atoms with Gasteiger partial charge in [-0.05, 0) is 59.1 Å². The third-order valence-electron chi connectivity index (χ3n) is 4.57. The van der Waals surface area contributed by atoms with Gasteiger partial charge >= 0.3 is 0 Å². The first-order chi connectivity index (χ1) is 9.26. The Hall–Kier alpha value is 0.140. The Balaban J connectivity index is 1.90. The lowest BCUT2D eigenvalue weighted by molar-refractivity contribution is 0.219. The molecule has 3 heteroatoms. The molecule has 0 aromatic carbocycles. The topological polar surface area (TPSA) is 12.0 Å². The van der Waals surface area contributed by atoms with E-state index < -0.39 is 0 Å². The first-order valence-corrected chi connectivity index (χ1v) is 9.33. The van der Waals surface area contributed by atoms with Gasteiger partial charge in [0.2, 0.25) is 0 Å². The molecule has 1 aliphatic carbocycles. The van der Waals surface area contributed by atoms with Crippen molar-refractivity contribution < 1.29 is 0 Å². The Labute approximate surface area is 130 Å². The molecule has 1 atom stereocenters. The second-order valence-corrected chi connectivity index (χ2v) is 7.62. The average molecular weight is 344 g/mol. The largest absolute Gasteiger partial charge is 0.312 e. The van der Waals surface area contributed by atoms with E-state index in [0.717, 1.165) is 11.8 Å². The average Bonchev–Trinajstić information content (AvgIpc) is 2.85. The molecule has 1 aliphatic rings. The van der Waals surface area contributed by atoms with Crippen LogP contribution in [0.2, 0.25) is 0 Å². The quantitative estimate of drug-likeness (QED) is 0.691. The van der Waals surface area contributed by atoms with Crippen molar-refractivity contribution in [2.45, 2.75) is 57.9 Å². The first kappa shape index (κ1) is 15.5.